The zero-order valence-electron chi connectivity index (χ0n) is 12.5. The first kappa shape index (κ1) is 18.9. The van der Waals surface area contributed by atoms with Crippen molar-refractivity contribution < 1.29 is 14.6 Å². The molecule has 2 unspecified atom stereocenters. The molecule has 112 valence electrons. The van der Waals surface area contributed by atoms with Crippen molar-refractivity contribution in [3.8, 4) is 0 Å². The zero-order chi connectivity index (χ0) is 14.5. The summed E-state index contributed by atoms with van der Waals surface area (Å²) in [7, 11) is 5.55. The molecular formula is C14H30BNO3. The van der Waals surface area contributed by atoms with Gasteiger partial charge in [0.05, 0.1) is 18.8 Å². The molecule has 0 spiro atoms. The summed E-state index contributed by atoms with van der Waals surface area (Å²) in [6, 6.07) is -0.0595. The molecule has 1 aliphatic heterocycles. The van der Waals surface area contributed by atoms with Crippen molar-refractivity contribution in [1.29, 1.82) is 0 Å². The minimum atomic E-state index is -0.0595. The Morgan fingerprint density at radius 2 is 1.95 bits per heavy atom. The van der Waals surface area contributed by atoms with Gasteiger partial charge in [-0.25, -0.2) is 0 Å². The lowest BCUT2D eigenvalue weighted by Crippen LogP contribution is -2.19. The Kier molecular flexibility index (Phi) is 12.8. The number of unbranched alkanes of at least 4 members (excludes halogenated alkanes) is 3. The number of hydrogen-bond donors (Lipinski definition) is 2. The smallest absolute Gasteiger partial charge is 0.109 e. The van der Waals surface area contributed by atoms with Crippen LogP contribution in [0.4, 0.5) is 0 Å². The normalized spacial score (nSPS) is 22.4. The summed E-state index contributed by atoms with van der Waals surface area (Å²) in [5, 5.41) is 8.33. The topological polar surface area (TPSA) is 64.7 Å². The summed E-state index contributed by atoms with van der Waals surface area (Å²) < 4.78 is 10.8. The van der Waals surface area contributed by atoms with Crippen molar-refractivity contribution in [2.75, 3.05) is 19.8 Å². The molecule has 0 aromatic rings. The number of rotatable bonds is 8. The van der Waals surface area contributed by atoms with Gasteiger partial charge >= 0.3 is 0 Å². The molecule has 3 N–H and O–H groups in total. The van der Waals surface area contributed by atoms with E-state index in [1.165, 1.54) is 0 Å². The molecule has 0 amide bonds. The first-order valence-corrected chi connectivity index (χ1v) is 7.43. The van der Waals surface area contributed by atoms with Crippen LogP contribution in [0.5, 0.6) is 0 Å². The summed E-state index contributed by atoms with van der Waals surface area (Å²) >= 11 is 0. The van der Waals surface area contributed by atoms with Gasteiger partial charge in [0, 0.05) is 12.6 Å². The third-order valence-corrected chi connectivity index (χ3v) is 2.87. The second-order valence-electron chi connectivity index (χ2n) is 5.18. The van der Waals surface area contributed by atoms with Gasteiger partial charge in [0.2, 0.25) is 0 Å². The highest BCUT2D eigenvalue weighted by atomic mass is 16.5. The fourth-order valence-corrected chi connectivity index (χ4v) is 1.77. The summed E-state index contributed by atoms with van der Waals surface area (Å²) in [6.45, 7) is 5.84. The fraction of sp³-hybridized carbons (Fsp3) is 1.00. The maximum absolute atomic E-state index is 8.33. The van der Waals surface area contributed by atoms with Crippen LogP contribution in [0.15, 0.2) is 0 Å². The highest BCUT2D eigenvalue weighted by molar-refractivity contribution is 6.11. The van der Waals surface area contributed by atoms with Gasteiger partial charge < -0.3 is 20.3 Å². The molecule has 1 aliphatic rings. The van der Waals surface area contributed by atoms with Crippen LogP contribution < -0.4 is 5.73 Å². The number of hydrogen-bond acceptors (Lipinski definition) is 4. The molecule has 0 aliphatic carbocycles. The molecular weight excluding hydrogens is 241 g/mol. The average Bonchev–Trinajstić information content (AvgIpc) is 2.79. The van der Waals surface area contributed by atoms with Crippen molar-refractivity contribution in [1.82, 2.24) is 0 Å². The molecule has 1 fully saturated rings. The Morgan fingerprint density at radius 3 is 2.42 bits per heavy atom. The van der Waals surface area contributed by atoms with E-state index in [1.54, 1.807) is 0 Å². The van der Waals surface area contributed by atoms with Crippen molar-refractivity contribution in [3.63, 3.8) is 0 Å². The van der Waals surface area contributed by atoms with Gasteiger partial charge in [-0.05, 0) is 46.1 Å². The van der Waals surface area contributed by atoms with Gasteiger partial charge in [-0.1, -0.05) is 12.8 Å². The molecule has 0 bridgehead atoms. The second kappa shape index (κ2) is 12.9. The molecule has 1 saturated heterocycles. The van der Waals surface area contributed by atoms with Crippen molar-refractivity contribution in [2.24, 2.45) is 5.73 Å². The number of aliphatic hydroxyl groups excluding tert-OH is 1. The van der Waals surface area contributed by atoms with Crippen LogP contribution >= 0.6 is 0 Å². The van der Waals surface area contributed by atoms with Gasteiger partial charge in [0.15, 0.2) is 0 Å². The van der Waals surface area contributed by atoms with Crippen molar-refractivity contribution >= 4 is 7.85 Å². The molecule has 0 saturated carbocycles. The molecule has 4 nitrogen and oxygen atoms in total. The van der Waals surface area contributed by atoms with Gasteiger partial charge in [-0.15, -0.1) is 0 Å². The Balaban J connectivity index is 0.000000362. The van der Waals surface area contributed by atoms with Gasteiger partial charge in [-0.2, -0.15) is 0 Å². The maximum atomic E-state index is 8.33. The standard InChI is InChI=1S/C8H15BO2.C6H15NO/c1-6(2)10-5-7-3-4-8(9)11-7;7-5-3-1-2-4-6-8/h6-8H,3-5H2,1-2H3;8H,1-7H2. The molecule has 2 atom stereocenters. The van der Waals surface area contributed by atoms with Gasteiger partial charge in [0.25, 0.3) is 0 Å². The molecule has 0 aromatic heterocycles. The van der Waals surface area contributed by atoms with E-state index < -0.39 is 0 Å². The zero-order valence-corrected chi connectivity index (χ0v) is 12.5. The number of nitrogens with two attached hydrogens (primary N) is 1. The van der Waals surface area contributed by atoms with Crippen LogP contribution in [-0.4, -0.2) is 50.9 Å². The van der Waals surface area contributed by atoms with E-state index in [0.717, 1.165) is 45.1 Å². The molecule has 1 rings (SSSR count). The first-order chi connectivity index (χ1) is 9.10. The van der Waals surface area contributed by atoms with Crippen molar-refractivity contribution in [2.45, 2.75) is 70.6 Å². The van der Waals surface area contributed by atoms with Crippen LogP contribution in [0.3, 0.4) is 0 Å². The summed E-state index contributed by atoms with van der Waals surface area (Å²) in [5.41, 5.74) is 5.25. The van der Waals surface area contributed by atoms with Gasteiger partial charge in [-0.3, -0.25) is 0 Å². The van der Waals surface area contributed by atoms with E-state index in [-0.39, 0.29) is 18.2 Å². The predicted octanol–water partition coefficient (Wildman–Crippen LogP) is 1.58. The summed E-state index contributed by atoms with van der Waals surface area (Å²) in [6.07, 6.45) is 6.83. The van der Waals surface area contributed by atoms with Crippen LogP contribution in [-0.2, 0) is 9.47 Å². The monoisotopic (exact) mass is 271 g/mol. The van der Waals surface area contributed by atoms with Crippen LogP contribution in [0.1, 0.15) is 52.4 Å². The highest BCUT2D eigenvalue weighted by Gasteiger charge is 2.21. The Hall–Kier alpha value is -0.0951. The third kappa shape index (κ3) is 12.7. The predicted molar refractivity (Wildman–Crippen MR) is 79.3 cm³/mol. The van der Waals surface area contributed by atoms with E-state index >= 15 is 0 Å². The van der Waals surface area contributed by atoms with Crippen LogP contribution in [0, 0.1) is 0 Å². The average molecular weight is 271 g/mol. The van der Waals surface area contributed by atoms with E-state index in [0.29, 0.717) is 13.2 Å². The highest BCUT2D eigenvalue weighted by Crippen LogP contribution is 2.17. The van der Waals surface area contributed by atoms with Gasteiger partial charge in [0.1, 0.15) is 7.85 Å². The largest absolute Gasteiger partial charge is 0.396 e. The summed E-state index contributed by atoms with van der Waals surface area (Å²) in [4.78, 5) is 0. The number of ether oxygens (including phenoxy) is 2. The minimum Gasteiger partial charge on any atom is -0.396 e. The lowest BCUT2D eigenvalue weighted by molar-refractivity contribution is -0.0154. The van der Waals surface area contributed by atoms with Crippen LogP contribution in [0.25, 0.3) is 0 Å². The van der Waals surface area contributed by atoms with E-state index in [1.807, 2.05) is 13.8 Å². The Bertz CT molecular complexity index is 188. The molecule has 0 aromatic carbocycles. The second-order valence-corrected chi connectivity index (χ2v) is 5.18. The SMILES string of the molecule is NCCCCCCO.[B]C1CCC(COC(C)C)O1. The summed E-state index contributed by atoms with van der Waals surface area (Å²) in [5.74, 6) is 0. The molecule has 5 heteroatoms. The number of aliphatic hydroxyl groups is 1. The van der Waals surface area contributed by atoms with Crippen molar-refractivity contribution in [3.05, 3.63) is 0 Å². The van der Waals surface area contributed by atoms with Crippen LogP contribution in [0.2, 0.25) is 0 Å². The van der Waals surface area contributed by atoms with E-state index in [9.17, 15) is 0 Å². The molecule has 1 heterocycles. The lowest BCUT2D eigenvalue weighted by Gasteiger charge is -2.13. The first-order valence-electron chi connectivity index (χ1n) is 7.43. The quantitative estimate of drug-likeness (QED) is 0.519. The fourth-order valence-electron chi connectivity index (χ4n) is 1.77. The van der Waals surface area contributed by atoms with E-state index in [4.69, 9.17) is 28.2 Å². The lowest BCUT2D eigenvalue weighted by atomic mass is 9.97. The van der Waals surface area contributed by atoms with E-state index in [2.05, 4.69) is 0 Å². The molecule has 19 heavy (non-hydrogen) atoms. The minimum absolute atomic E-state index is 0.0595. The Labute approximate surface area is 119 Å². The third-order valence-electron chi connectivity index (χ3n) is 2.87. The molecule has 2 radical (unpaired) electrons. The Morgan fingerprint density at radius 1 is 1.26 bits per heavy atom. The maximum Gasteiger partial charge on any atom is 0.109 e.